The van der Waals surface area contributed by atoms with Crippen LogP contribution in [0.2, 0.25) is 0 Å². The minimum atomic E-state index is -0.487. The van der Waals surface area contributed by atoms with Gasteiger partial charge in [-0.15, -0.1) is 0 Å². The van der Waals surface area contributed by atoms with Crippen molar-refractivity contribution in [1.82, 2.24) is 0 Å². The average Bonchev–Trinajstić information content (AvgIpc) is 2.68. The molecule has 1 aromatic rings. The molecule has 0 aliphatic carbocycles. The van der Waals surface area contributed by atoms with Gasteiger partial charge in [-0.3, -0.25) is 4.79 Å². The molecule has 0 amide bonds. The van der Waals surface area contributed by atoms with Gasteiger partial charge in [0.15, 0.2) is 0 Å². The lowest BCUT2D eigenvalue weighted by Gasteiger charge is -2.32. The van der Waals surface area contributed by atoms with Crippen LogP contribution in [0.25, 0.3) is 0 Å². The highest BCUT2D eigenvalue weighted by Crippen LogP contribution is 2.44. The minimum absolute atomic E-state index is 0.223. The van der Waals surface area contributed by atoms with Gasteiger partial charge in [-0.1, -0.05) is 44.2 Å². The van der Waals surface area contributed by atoms with E-state index in [0.29, 0.717) is 12.8 Å². The number of carbonyl (C=O) groups excluding carboxylic acids is 1. The van der Waals surface area contributed by atoms with Crippen LogP contribution in [0.3, 0.4) is 0 Å². The molecule has 1 aromatic carbocycles. The van der Waals surface area contributed by atoms with Gasteiger partial charge in [-0.05, 0) is 33.3 Å². The van der Waals surface area contributed by atoms with E-state index in [0.717, 1.165) is 5.56 Å². The van der Waals surface area contributed by atoms with Gasteiger partial charge in [0.2, 0.25) is 0 Å². The van der Waals surface area contributed by atoms with E-state index in [1.54, 1.807) is 0 Å². The van der Waals surface area contributed by atoms with Crippen molar-refractivity contribution in [3.63, 3.8) is 0 Å². The van der Waals surface area contributed by atoms with Crippen LogP contribution in [0.4, 0.5) is 0 Å². The van der Waals surface area contributed by atoms with Crippen molar-refractivity contribution in [1.29, 1.82) is 0 Å². The molecular formula is C18H27BO3. The summed E-state index contributed by atoms with van der Waals surface area (Å²) in [5.74, 6) is 0.223. The molecule has 0 bridgehead atoms. The van der Waals surface area contributed by atoms with Crippen molar-refractivity contribution in [2.45, 2.75) is 70.9 Å². The Kier molecular flexibility index (Phi) is 4.56. The molecule has 1 aliphatic heterocycles. The number of hydrogen-bond donors (Lipinski definition) is 0. The zero-order chi connectivity index (χ0) is 16.6. The second kappa shape index (κ2) is 5.82. The molecule has 3 nitrogen and oxygen atoms in total. The molecule has 0 N–H and O–H groups in total. The summed E-state index contributed by atoms with van der Waals surface area (Å²) in [6.07, 6.45) is 0.951. The normalized spacial score (nSPS) is 22.4. The predicted molar refractivity (Wildman–Crippen MR) is 89.8 cm³/mol. The van der Waals surface area contributed by atoms with Gasteiger partial charge in [0.1, 0.15) is 5.78 Å². The molecule has 0 aromatic heterocycles. The fraction of sp³-hybridized carbons (Fsp3) is 0.611. The first-order chi connectivity index (χ1) is 10.1. The van der Waals surface area contributed by atoms with Crippen LogP contribution in [-0.2, 0) is 19.4 Å². The molecule has 120 valence electrons. The first-order valence-corrected chi connectivity index (χ1v) is 8.05. The quantitative estimate of drug-likeness (QED) is 0.773. The molecule has 0 unspecified atom stereocenters. The molecule has 1 saturated heterocycles. The molecule has 0 radical (unpaired) electrons. The van der Waals surface area contributed by atoms with Crippen LogP contribution in [0.15, 0.2) is 30.3 Å². The van der Waals surface area contributed by atoms with E-state index in [1.165, 1.54) is 0 Å². The largest absolute Gasteiger partial charge is 0.469 e. The Hall–Kier alpha value is -1.13. The Morgan fingerprint density at radius 3 is 2.05 bits per heavy atom. The third-order valence-corrected chi connectivity index (χ3v) is 5.17. The molecule has 1 aliphatic rings. The van der Waals surface area contributed by atoms with Crippen molar-refractivity contribution in [2.75, 3.05) is 0 Å². The molecular weight excluding hydrogens is 275 g/mol. The van der Waals surface area contributed by atoms with Crippen molar-refractivity contribution in [3.8, 4) is 0 Å². The van der Waals surface area contributed by atoms with Gasteiger partial charge in [0, 0.05) is 18.2 Å². The summed E-state index contributed by atoms with van der Waals surface area (Å²) >= 11 is 0. The SMILES string of the molecule is CCC(=O)C[C@@](C)(B1OC(C)(C)C(C)(C)O1)c1ccccc1. The highest BCUT2D eigenvalue weighted by molar-refractivity contribution is 6.50. The van der Waals surface area contributed by atoms with E-state index in [1.807, 2.05) is 65.0 Å². The van der Waals surface area contributed by atoms with E-state index in [2.05, 4.69) is 6.92 Å². The Morgan fingerprint density at radius 1 is 1.09 bits per heavy atom. The zero-order valence-electron chi connectivity index (χ0n) is 14.6. The Labute approximate surface area is 134 Å². The lowest BCUT2D eigenvalue weighted by Crippen LogP contribution is -2.45. The highest BCUT2D eigenvalue weighted by Gasteiger charge is 2.58. The lowest BCUT2D eigenvalue weighted by molar-refractivity contribution is -0.119. The smallest absolute Gasteiger partial charge is 0.403 e. The van der Waals surface area contributed by atoms with E-state index in [-0.39, 0.29) is 5.78 Å². The monoisotopic (exact) mass is 302 g/mol. The fourth-order valence-corrected chi connectivity index (χ4v) is 2.78. The summed E-state index contributed by atoms with van der Waals surface area (Å²) < 4.78 is 12.5. The minimum Gasteiger partial charge on any atom is -0.403 e. The average molecular weight is 302 g/mol. The Morgan fingerprint density at radius 2 is 1.59 bits per heavy atom. The summed E-state index contributed by atoms with van der Waals surface area (Å²) in [4.78, 5) is 12.2. The standard InChI is InChI=1S/C18H27BO3/c1-7-15(20)13-18(6,14-11-9-8-10-12-14)19-21-16(2,3)17(4,5)22-19/h8-12H,7,13H2,1-6H3/t18-/m1/s1. The van der Waals surface area contributed by atoms with Crippen LogP contribution < -0.4 is 0 Å². The maximum absolute atomic E-state index is 12.2. The molecule has 1 atom stereocenters. The second-order valence-electron chi connectivity index (χ2n) is 7.44. The van der Waals surface area contributed by atoms with Gasteiger partial charge in [0.05, 0.1) is 11.2 Å². The van der Waals surface area contributed by atoms with Crippen LogP contribution in [0.5, 0.6) is 0 Å². The van der Waals surface area contributed by atoms with Crippen molar-refractivity contribution >= 4 is 12.9 Å². The summed E-state index contributed by atoms with van der Waals surface area (Å²) in [7, 11) is -0.435. The number of benzene rings is 1. The fourth-order valence-electron chi connectivity index (χ4n) is 2.78. The molecule has 1 heterocycles. The molecule has 1 fully saturated rings. The molecule has 2 rings (SSSR count). The third kappa shape index (κ3) is 2.99. The Bertz CT molecular complexity index is 523. The molecule has 4 heteroatoms. The number of hydrogen-bond acceptors (Lipinski definition) is 3. The van der Waals surface area contributed by atoms with Gasteiger partial charge in [-0.2, -0.15) is 0 Å². The number of ketones is 1. The maximum Gasteiger partial charge on any atom is 0.469 e. The van der Waals surface area contributed by atoms with E-state index >= 15 is 0 Å². The predicted octanol–water partition coefficient (Wildman–Crippen LogP) is 3.94. The summed E-state index contributed by atoms with van der Waals surface area (Å²) in [6, 6.07) is 10.1. The third-order valence-electron chi connectivity index (χ3n) is 5.17. The van der Waals surface area contributed by atoms with E-state index in [9.17, 15) is 4.79 Å². The first kappa shape index (κ1) is 17.2. The molecule has 22 heavy (non-hydrogen) atoms. The number of Topliss-reactive ketones (excluding diaryl/α,β-unsaturated/α-hetero) is 1. The highest BCUT2D eigenvalue weighted by atomic mass is 16.7. The lowest BCUT2D eigenvalue weighted by atomic mass is 9.53. The second-order valence-corrected chi connectivity index (χ2v) is 7.44. The van der Waals surface area contributed by atoms with Crippen LogP contribution >= 0.6 is 0 Å². The van der Waals surface area contributed by atoms with Crippen LogP contribution in [-0.4, -0.2) is 24.1 Å². The van der Waals surface area contributed by atoms with E-state index in [4.69, 9.17) is 9.31 Å². The van der Waals surface area contributed by atoms with Crippen molar-refractivity contribution in [3.05, 3.63) is 35.9 Å². The van der Waals surface area contributed by atoms with Gasteiger partial charge >= 0.3 is 7.12 Å². The van der Waals surface area contributed by atoms with Crippen molar-refractivity contribution in [2.24, 2.45) is 0 Å². The first-order valence-electron chi connectivity index (χ1n) is 8.05. The molecule has 0 saturated carbocycles. The summed E-state index contributed by atoms with van der Waals surface area (Å²) in [5.41, 5.74) is 0.279. The van der Waals surface area contributed by atoms with Crippen LogP contribution in [0, 0.1) is 0 Å². The maximum atomic E-state index is 12.2. The van der Waals surface area contributed by atoms with E-state index < -0.39 is 23.6 Å². The summed E-state index contributed by atoms with van der Waals surface area (Å²) in [6.45, 7) is 12.1. The van der Waals surface area contributed by atoms with Gasteiger partial charge in [-0.25, -0.2) is 0 Å². The van der Waals surface area contributed by atoms with Crippen LogP contribution in [0.1, 0.15) is 59.9 Å². The topological polar surface area (TPSA) is 35.5 Å². The Balaban J connectivity index is 2.40. The zero-order valence-corrected chi connectivity index (χ0v) is 14.6. The van der Waals surface area contributed by atoms with Crippen molar-refractivity contribution < 1.29 is 14.1 Å². The molecule has 0 spiro atoms. The van der Waals surface area contributed by atoms with Gasteiger partial charge in [0.25, 0.3) is 0 Å². The van der Waals surface area contributed by atoms with Gasteiger partial charge < -0.3 is 9.31 Å². The number of rotatable bonds is 5. The number of carbonyl (C=O) groups is 1. The summed E-state index contributed by atoms with van der Waals surface area (Å²) in [5, 5.41) is -0.487.